The molecule has 49 heavy (non-hydrogen) atoms. The Labute approximate surface area is 302 Å². The quantitative estimate of drug-likeness (QED) is 0.0382. The van der Waals surface area contributed by atoms with E-state index in [1.165, 1.54) is 24.3 Å². The van der Waals surface area contributed by atoms with Gasteiger partial charge in [-0.15, -0.1) is 0 Å². The SMILES string of the molecule is O=C(NOCCCO)c1cc(F)c(F)cc1Nc1ccc(I)cc1F.O=C(NOCCO)c1cc(F)c(F)cc1Nc1ccc(I)cc1F. The molecule has 0 radical (unpaired) electrons. The summed E-state index contributed by atoms with van der Waals surface area (Å²) in [5, 5.41) is 22.4. The van der Waals surface area contributed by atoms with Crippen LogP contribution in [0.15, 0.2) is 60.7 Å². The van der Waals surface area contributed by atoms with Gasteiger partial charge in [-0.2, -0.15) is 0 Å². The summed E-state index contributed by atoms with van der Waals surface area (Å²) >= 11 is 3.85. The summed E-state index contributed by atoms with van der Waals surface area (Å²) in [5.41, 5.74) is 3.21. The Balaban J connectivity index is 0.000000266. The second kappa shape index (κ2) is 19.5. The molecule has 0 fully saturated rings. The maximum atomic E-state index is 14.0. The van der Waals surface area contributed by atoms with Gasteiger partial charge in [0.25, 0.3) is 11.8 Å². The molecule has 0 unspecified atom stereocenters. The fraction of sp³-hybridized carbons (Fsp3) is 0.161. The molecular weight excluding hydrogens is 892 g/mol. The summed E-state index contributed by atoms with van der Waals surface area (Å²) in [5.74, 6) is -7.80. The Bertz CT molecular complexity index is 1790. The predicted octanol–water partition coefficient (Wildman–Crippen LogP) is 6.60. The molecule has 0 aromatic heterocycles. The van der Waals surface area contributed by atoms with Crippen molar-refractivity contribution in [3.05, 3.63) is 114 Å². The van der Waals surface area contributed by atoms with Crippen molar-refractivity contribution in [3.63, 3.8) is 0 Å². The first kappa shape index (κ1) is 39.7. The van der Waals surface area contributed by atoms with Crippen LogP contribution in [0.3, 0.4) is 0 Å². The number of aliphatic hydroxyl groups is 2. The molecule has 262 valence electrons. The maximum Gasteiger partial charge on any atom is 0.277 e. The number of rotatable bonds is 13. The third-order valence-corrected chi connectivity index (χ3v) is 7.28. The highest BCUT2D eigenvalue weighted by Crippen LogP contribution is 2.28. The zero-order chi connectivity index (χ0) is 36.1. The molecule has 0 bridgehead atoms. The molecule has 0 atom stereocenters. The number of benzene rings is 4. The van der Waals surface area contributed by atoms with Gasteiger partial charge in [-0.25, -0.2) is 37.3 Å². The van der Waals surface area contributed by atoms with Crippen LogP contribution in [0.1, 0.15) is 27.1 Å². The van der Waals surface area contributed by atoms with Gasteiger partial charge in [0.15, 0.2) is 23.3 Å². The Morgan fingerprint density at radius 2 is 0.959 bits per heavy atom. The first-order valence-corrected chi connectivity index (χ1v) is 16.0. The molecule has 2 amide bonds. The van der Waals surface area contributed by atoms with Crippen LogP contribution in [0.5, 0.6) is 0 Å². The van der Waals surface area contributed by atoms with Gasteiger partial charge in [0.2, 0.25) is 0 Å². The molecule has 4 aromatic rings. The normalized spacial score (nSPS) is 10.6. The van der Waals surface area contributed by atoms with E-state index in [1.54, 1.807) is 12.1 Å². The monoisotopic (exact) mass is 918 g/mol. The third-order valence-electron chi connectivity index (χ3n) is 5.94. The Morgan fingerprint density at radius 3 is 1.35 bits per heavy atom. The second-order valence-corrected chi connectivity index (χ2v) is 12.0. The minimum Gasteiger partial charge on any atom is -0.396 e. The molecule has 0 spiro atoms. The van der Waals surface area contributed by atoms with E-state index in [-0.39, 0.29) is 66.7 Å². The third kappa shape index (κ3) is 12.0. The van der Waals surface area contributed by atoms with Crippen LogP contribution >= 0.6 is 45.2 Å². The van der Waals surface area contributed by atoms with E-state index < -0.39 is 46.7 Å². The number of carbonyl (C=O) groups excluding carboxylic acids is 2. The molecule has 0 heterocycles. The summed E-state index contributed by atoms with van der Waals surface area (Å²) < 4.78 is 83.1. The number of hydrogen-bond donors (Lipinski definition) is 6. The van der Waals surface area contributed by atoms with E-state index in [2.05, 4.69) is 21.0 Å². The second-order valence-electron chi connectivity index (χ2n) is 9.48. The largest absolute Gasteiger partial charge is 0.396 e. The number of hydrogen-bond acceptors (Lipinski definition) is 8. The standard InChI is InChI=1S/C16H14F3IN2O3.C15H12F3IN2O3/c17-11-7-10(16(24)22-25-5-1-4-23)15(8-12(11)18)21-14-3-2-9(20)6-13(14)19;16-10-6-9(15(23)21-24-4-3-22)14(7-11(10)17)20-13-2-1-8(19)5-12(13)18/h2-3,6-8,21,23H,1,4-5H2,(H,22,24);1-2,5-7,20,22H,3-4H2,(H,21,23). The van der Waals surface area contributed by atoms with Gasteiger partial charge in [-0.1, -0.05) is 0 Å². The summed E-state index contributed by atoms with van der Waals surface area (Å²) in [7, 11) is 0. The summed E-state index contributed by atoms with van der Waals surface area (Å²) in [4.78, 5) is 33.6. The van der Waals surface area contributed by atoms with Crippen molar-refractivity contribution in [1.82, 2.24) is 11.0 Å². The summed E-state index contributed by atoms with van der Waals surface area (Å²) in [6, 6.07) is 11.4. The van der Waals surface area contributed by atoms with E-state index in [9.17, 15) is 35.9 Å². The van der Waals surface area contributed by atoms with E-state index >= 15 is 0 Å². The molecule has 0 saturated heterocycles. The number of nitrogens with one attached hydrogen (secondary N) is 4. The van der Waals surface area contributed by atoms with Crippen molar-refractivity contribution in [1.29, 1.82) is 0 Å². The van der Waals surface area contributed by atoms with Crippen LogP contribution < -0.4 is 21.6 Å². The van der Waals surface area contributed by atoms with Gasteiger partial charge in [-0.3, -0.25) is 19.3 Å². The van der Waals surface area contributed by atoms with Crippen molar-refractivity contribution < 1.29 is 55.8 Å². The lowest BCUT2D eigenvalue weighted by atomic mass is 10.1. The highest BCUT2D eigenvalue weighted by molar-refractivity contribution is 14.1. The zero-order valence-electron chi connectivity index (χ0n) is 24.9. The van der Waals surface area contributed by atoms with Gasteiger partial charge >= 0.3 is 0 Å². The van der Waals surface area contributed by atoms with Crippen LogP contribution in [-0.4, -0.2) is 48.5 Å². The van der Waals surface area contributed by atoms with Crippen LogP contribution in [0.4, 0.5) is 49.1 Å². The van der Waals surface area contributed by atoms with Gasteiger partial charge in [0, 0.05) is 25.9 Å². The highest BCUT2D eigenvalue weighted by Gasteiger charge is 2.19. The zero-order valence-corrected chi connectivity index (χ0v) is 29.2. The molecular formula is C31H26F6I2N4O6. The molecule has 0 aliphatic carbocycles. The Morgan fingerprint density at radius 1 is 0.551 bits per heavy atom. The van der Waals surface area contributed by atoms with Gasteiger partial charge in [0.05, 0.1) is 53.7 Å². The van der Waals surface area contributed by atoms with Crippen molar-refractivity contribution in [2.45, 2.75) is 6.42 Å². The summed E-state index contributed by atoms with van der Waals surface area (Å²) in [6.45, 7) is -0.596. The molecule has 0 saturated carbocycles. The van der Waals surface area contributed by atoms with Gasteiger partial charge in [-0.05, 0) is 100 Å². The number of aliphatic hydroxyl groups excluding tert-OH is 2. The molecule has 4 aromatic carbocycles. The molecule has 0 aliphatic rings. The number of halogens is 8. The molecule has 6 N–H and O–H groups in total. The lowest BCUT2D eigenvalue weighted by Gasteiger charge is -2.13. The fourth-order valence-electron chi connectivity index (χ4n) is 3.67. The lowest BCUT2D eigenvalue weighted by molar-refractivity contribution is 0.0168. The molecule has 0 aliphatic heterocycles. The van der Waals surface area contributed by atoms with Crippen molar-refractivity contribution in [3.8, 4) is 0 Å². The number of hydroxylamine groups is 2. The summed E-state index contributed by atoms with van der Waals surface area (Å²) in [6.07, 6.45) is 0.289. The average Bonchev–Trinajstić information content (AvgIpc) is 3.05. The van der Waals surface area contributed by atoms with E-state index in [1.807, 2.05) is 50.7 Å². The van der Waals surface area contributed by atoms with Crippen LogP contribution in [0.2, 0.25) is 0 Å². The smallest absolute Gasteiger partial charge is 0.277 e. The first-order chi connectivity index (χ1) is 23.3. The molecule has 10 nitrogen and oxygen atoms in total. The maximum absolute atomic E-state index is 14.0. The lowest BCUT2D eigenvalue weighted by Crippen LogP contribution is -2.26. The van der Waals surface area contributed by atoms with Crippen molar-refractivity contribution >= 4 is 79.7 Å². The topological polar surface area (TPSA) is 141 Å². The minimum absolute atomic E-state index is 0.00155. The van der Waals surface area contributed by atoms with E-state index in [0.29, 0.717) is 19.3 Å². The van der Waals surface area contributed by atoms with Gasteiger partial charge in [0.1, 0.15) is 11.6 Å². The fourth-order valence-corrected chi connectivity index (χ4v) is 4.58. The van der Waals surface area contributed by atoms with Crippen molar-refractivity contribution in [2.24, 2.45) is 0 Å². The molecule has 18 heteroatoms. The predicted molar refractivity (Wildman–Crippen MR) is 183 cm³/mol. The van der Waals surface area contributed by atoms with Crippen LogP contribution in [0, 0.1) is 42.0 Å². The number of amides is 2. The van der Waals surface area contributed by atoms with E-state index in [0.717, 1.165) is 12.1 Å². The first-order valence-electron chi connectivity index (χ1n) is 13.8. The van der Waals surface area contributed by atoms with Gasteiger partial charge < -0.3 is 20.8 Å². The van der Waals surface area contributed by atoms with Crippen LogP contribution in [0.25, 0.3) is 0 Å². The average molecular weight is 918 g/mol. The van der Waals surface area contributed by atoms with E-state index in [4.69, 9.17) is 15.1 Å². The molecule has 4 rings (SSSR count). The van der Waals surface area contributed by atoms with Crippen molar-refractivity contribution in [2.75, 3.05) is 37.1 Å². The number of anilines is 4. The Kier molecular flexibility index (Phi) is 15.8. The Hall–Kier alpha value is -3.70. The highest BCUT2D eigenvalue weighted by atomic mass is 127. The number of carbonyl (C=O) groups is 2. The minimum atomic E-state index is -1.24. The van der Waals surface area contributed by atoms with Crippen LogP contribution in [-0.2, 0) is 9.68 Å².